The van der Waals surface area contributed by atoms with Crippen LogP contribution in [0.2, 0.25) is 0 Å². The molecule has 10 aliphatic rings. The number of allylic oxidation sites excluding steroid dienone is 13. The van der Waals surface area contributed by atoms with Gasteiger partial charge < -0.3 is 49.4 Å². The minimum absolute atomic E-state index is 0.00632. The van der Waals surface area contributed by atoms with Gasteiger partial charge in [0.25, 0.3) is 22.7 Å². The van der Waals surface area contributed by atoms with Crippen molar-refractivity contribution in [2.75, 3.05) is 53.0 Å². The van der Waals surface area contributed by atoms with Gasteiger partial charge in [-0.25, -0.2) is 0 Å². The molecule has 0 saturated carbocycles. The van der Waals surface area contributed by atoms with Crippen molar-refractivity contribution in [3.8, 4) is 46.0 Å². The molecule has 6 aliphatic heterocycles. The highest BCUT2D eigenvalue weighted by Crippen LogP contribution is 2.45. The topological polar surface area (TPSA) is 447 Å². The molecule has 18 rings (SSSR count). The minimum atomic E-state index is -0.445. The number of nitro benzene ring substituents is 4. The van der Waals surface area contributed by atoms with E-state index in [1.807, 2.05) is 24.3 Å². The second-order valence-electron chi connectivity index (χ2n) is 27.4. The Bertz CT molecular complexity index is 5510. The number of hydrogen-bond acceptors (Lipinski definition) is 26. The van der Waals surface area contributed by atoms with Crippen molar-refractivity contribution in [1.29, 1.82) is 5.53 Å². The average Bonchev–Trinajstić information content (AvgIpc) is 1.62. The van der Waals surface area contributed by atoms with E-state index in [0.29, 0.717) is 94.3 Å². The van der Waals surface area contributed by atoms with Crippen LogP contribution in [0.4, 0.5) is 22.7 Å². The number of nitro groups is 4. The van der Waals surface area contributed by atoms with Crippen molar-refractivity contribution in [2.45, 2.75) is 58.0 Å². The summed E-state index contributed by atoms with van der Waals surface area (Å²) in [6, 6.07) is 34.1. The van der Waals surface area contributed by atoms with Crippen LogP contribution in [0.1, 0.15) is 116 Å². The van der Waals surface area contributed by atoms with Gasteiger partial charge >= 0.3 is 0 Å². The normalized spacial score (nSPS) is 17.0. The number of aromatic hydroxyl groups is 4. The van der Waals surface area contributed by atoms with E-state index < -0.39 is 19.7 Å². The van der Waals surface area contributed by atoms with Crippen LogP contribution in [0.3, 0.4) is 0 Å². The van der Waals surface area contributed by atoms with Crippen molar-refractivity contribution in [2.24, 2.45) is 15.1 Å². The fraction of sp³-hybridized carbons (Fsp3) is 0.205. The summed E-state index contributed by atoms with van der Waals surface area (Å²) < 4.78 is 30.2. The van der Waals surface area contributed by atoms with Crippen molar-refractivity contribution in [3.05, 3.63) is 312 Å². The number of ether oxygens (including phenoxy) is 5. The number of Topliss-reactive ketones (excluding diaryl/α,β-unsaturated/α-hetero) is 4. The zero-order chi connectivity index (χ0) is 82.0. The van der Waals surface area contributed by atoms with E-state index in [1.54, 1.807) is 79.9 Å². The Kier molecular flexibility index (Phi) is 24.3. The maximum absolute atomic E-state index is 13.0. The van der Waals surface area contributed by atoms with E-state index in [4.69, 9.17) is 34.3 Å². The number of benzene rings is 8. The molecular formula is C83H70ClN11O21. The second-order valence-corrected chi connectivity index (χ2v) is 27.5. The van der Waals surface area contributed by atoms with Gasteiger partial charge in [-0.3, -0.25) is 69.4 Å². The fourth-order valence-electron chi connectivity index (χ4n) is 14.4. The number of piperidine rings is 1. The number of ketones is 4. The molecular weight excluding hydrogens is 1520 g/mol. The lowest BCUT2D eigenvalue weighted by Crippen LogP contribution is -2.42. The van der Waals surface area contributed by atoms with Gasteiger partial charge in [-0.15, -0.1) is 0 Å². The van der Waals surface area contributed by atoms with Crippen LogP contribution < -0.4 is 24.3 Å². The molecule has 2 saturated heterocycles. The molecule has 116 heavy (non-hydrogen) atoms. The second kappa shape index (κ2) is 35.2. The monoisotopic (exact) mass is 1590 g/mol. The molecule has 0 spiro atoms. The molecule has 32 nitrogen and oxygen atoms in total. The van der Waals surface area contributed by atoms with E-state index >= 15 is 0 Å². The third-order valence-corrected chi connectivity index (χ3v) is 20.3. The Hall–Kier alpha value is -14.2. The zero-order valence-electron chi connectivity index (χ0n) is 61.7. The highest BCUT2D eigenvalue weighted by Gasteiger charge is 2.36. The number of phenols is 4. The largest absolute Gasteiger partial charge is 0.508 e. The Balaban J connectivity index is 0.000000129. The van der Waals surface area contributed by atoms with Gasteiger partial charge in [0.2, 0.25) is 23.1 Å². The number of hydrogen-bond donors (Lipinski definition) is 6. The first-order chi connectivity index (χ1) is 55.9. The molecule has 0 aromatic heterocycles. The standard InChI is InChI=1S/C24H22N2O5.C23H21N3O5.C18H11NO5.C10H9NO3.C8H6O3.ClHN4/c27-21-9-8-18-23(28)22(31-24(18)20(21)14-25-10-2-1-3-11-25)12-16-5-4-15-6-7-17(26(29)30)13-19(15)16;27-20-6-5-17-22(28)21(31-23(17)19(20)13-25-9-7-24-8-10-25)11-15-2-1-14-3-4-16(26(29)30)12-18(14)15;20-13-5-6-14-16(9-13)24-17(18(14)21)7-11-2-1-10-3-4-12(19(22)23)8-15(10)11;1-14-10-5-3-7-2-4-8(11(12)13)6-9(7)10;9-5-1-2-6-7(10)4-11-8(6)3-5;1-3-5-4-2/h5-9,12-13,27H,1-4,10-11,14H2;2-6,11-12,24,27H,1,7-10,13H2;2-9,20H,1H2;2,4-6H,3H2,1H3;1-3,9H,4H2;2H/b22-12-;21-11-;17-7-;;;. The molecule has 590 valence electrons. The van der Waals surface area contributed by atoms with Crippen molar-refractivity contribution in [1.82, 2.24) is 15.1 Å². The number of piperazine rings is 1. The van der Waals surface area contributed by atoms with Gasteiger partial charge in [-0.2, -0.15) is 5.53 Å². The molecule has 0 atom stereocenters. The van der Waals surface area contributed by atoms with E-state index in [-0.39, 0.29) is 92.8 Å². The molecule has 33 heteroatoms. The molecule has 6 N–H and O–H groups in total. The van der Waals surface area contributed by atoms with Gasteiger partial charge in [0.15, 0.2) is 23.9 Å². The number of phenolic OH excluding ortho intramolecular Hbond substituents is 4. The first-order valence-electron chi connectivity index (χ1n) is 36.3. The Morgan fingerprint density at radius 3 is 1.31 bits per heavy atom. The smallest absolute Gasteiger partial charge is 0.270 e. The molecule has 8 aromatic carbocycles. The molecule has 0 amide bonds. The first-order valence-corrected chi connectivity index (χ1v) is 36.6. The SMILES string of the molecule is COC1=CCc2ccc([N+](=O)[O-])cc21.N=NN=NCl.O=C1/C(=C/C2=CCc3ccc([N+](=O)[O-])cc32)Oc2c1ccc(O)c2CN1CCCCC1.O=C1/C(=C/C2=CCc3ccc([N+](=O)[O-])cc32)Oc2c1ccc(O)c2CN1CCNCC1.O=C1/C(=C/C2=CCc3ccc([N+](=O)[O-])cc32)Oc2cc(O)ccc21.O=C1COc2cc(O)ccc21. The summed E-state index contributed by atoms with van der Waals surface area (Å²) in [5, 5.41) is 91.5. The number of likely N-dealkylation sites (tertiary alicyclic amines) is 1. The molecule has 0 unspecified atom stereocenters. The lowest BCUT2D eigenvalue weighted by Gasteiger charge is -2.27. The fourth-order valence-corrected chi connectivity index (χ4v) is 14.4. The Labute approximate surface area is 664 Å². The number of carbonyl (C=O) groups is 4. The van der Waals surface area contributed by atoms with Crippen LogP contribution in [0, 0.1) is 46.0 Å². The van der Waals surface area contributed by atoms with Crippen molar-refractivity contribution in [3.63, 3.8) is 0 Å². The summed E-state index contributed by atoms with van der Waals surface area (Å²) in [6.07, 6.45) is 18.8. The van der Waals surface area contributed by atoms with Crippen LogP contribution in [-0.4, -0.2) is 126 Å². The van der Waals surface area contributed by atoms with Gasteiger partial charge in [-0.1, -0.05) is 53.5 Å². The van der Waals surface area contributed by atoms with Crippen molar-refractivity contribution >= 4 is 80.1 Å². The van der Waals surface area contributed by atoms with Crippen LogP contribution in [-0.2, 0) is 43.5 Å². The third kappa shape index (κ3) is 17.7. The number of halogens is 1. The van der Waals surface area contributed by atoms with Crippen LogP contribution in [0.5, 0.6) is 46.0 Å². The van der Waals surface area contributed by atoms with Gasteiger partial charge in [0.1, 0.15) is 51.8 Å². The molecule has 0 bridgehead atoms. The van der Waals surface area contributed by atoms with Gasteiger partial charge in [0.05, 0.1) is 72.0 Å². The number of nitrogens with zero attached hydrogens (tertiary/aromatic N) is 9. The molecule has 0 radical (unpaired) electrons. The number of rotatable bonds is 13. The maximum Gasteiger partial charge on any atom is 0.270 e. The molecule has 8 aromatic rings. The minimum Gasteiger partial charge on any atom is -0.508 e. The lowest BCUT2D eigenvalue weighted by atomic mass is 10.0. The summed E-state index contributed by atoms with van der Waals surface area (Å²) >= 11 is 4.55. The number of carbonyl (C=O) groups excluding carboxylic acids is 4. The van der Waals surface area contributed by atoms with Gasteiger partial charge in [0, 0.05) is 105 Å². The Morgan fingerprint density at radius 2 is 0.879 bits per heavy atom. The predicted molar refractivity (Wildman–Crippen MR) is 421 cm³/mol. The van der Waals surface area contributed by atoms with Crippen LogP contribution >= 0.6 is 11.8 Å². The van der Waals surface area contributed by atoms with E-state index in [0.717, 1.165) is 120 Å². The van der Waals surface area contributed by atoms with Crippen molar-refractivity contribution < 1.29 is 83.0 Å². The molecule has 6 heterocycles. The highest BCUT2D eigenvalue weighted by molar-refractivity contribution is 6.16. The Morgan fingerprint density at radius 1 is 0.483 bits per heavy atom. The van der Waals surface area contributed by atoms with Crippen LogP contribution in [0.15, 0.2) is 208 Å². The average molecular weight is 1590 g/mol. The molecule has 2 fully saturated rings. The summed E-state index contributed by atoms with van der Waals surface area (Å²) in [7, 11) is 1.57. The summed E-state index contributed by atoms with van der Waals surface area (Å²) in [5.74, 6) is 2.38. The summed E-state index contributed by atoms with van der Waals surface area (Å²) in [4.78, 5) is 95.9. The molecule has 4 aliphatic carbocycles. The van der Waals surface area contributed by atoms with E-state index in [1.165, 1.54) is 85.3 Å². The number of non-ortho nitro benzene ring substituents is 4. The number of fused-ring (bicyclic) bond motifs is 8. The zero-order valence-corrected chi connectivity index (χ0v) is 62.4. The first kappa shape index (κ1) is 79.9. The van der Waals surface area contributed by atoms with Crippen LogP contribution in [0.25, 0.3) is 22.5 Å². The summed E-state index contributed by atoms with van der Waals surface area (Å²) in [6.45, 7) is 6.50. The maximum atomic E-state index is 13.0. The number of methoxy groups -OCH3 is 1. The quantitative estimate of drug-likeness (QED) is 0.0270. The predicted octanol–water partition coefficient (Wildman–Crippen LogP) is 15.2. The van der Waals surface area contributed by atoms with E-state index in [2.05, 4.69) is 42.0 Å². The third-order valence-electron chi connectivity index (χ3n) is 20.2. The lowest BCUT2D eigenvalue weighted by molar-refractivity contribution is -0.385. The summed E-state index contributed by atoms with van der Waals surface area (Å²) in [5.41, 5.74) is 18.3. The van der Waals surface area contributed by atoms with Gasteiger partial charge in [-0.05, 0) is 191 Å². The highest BCUT2D eigenvalue weighted by atomic mass is 35.5. The van der Waals surface area contributed by atoms with E-state index in [9.17, 15) is 75.0 Å². The number of nitrogens with one attached hydrogen (secondary N) is 2.